The number of nitrogens with zero attached hydrogens (tertiary/aromatic N) is 1. The number of hydrogen-bond acceptors (Lipinski definition) is 3. The number of benzene rings is 1. The summed E-state index contributed by atoms with van der Waals surface area (Å²) in [4.78, 5) is 16.1. The molecule has 0 aliphatic carbocycles. The SMILES string of the molecule is CC(C)Oc1ccc(NC(=O)C(Cl)(Cl)Cl)c2cccnc12. The van der Waals surface area contributed by atoms with E-state index in [1.165, 1.54) is 0 Å². The third-order valence-corrected chi connectivity index (χ3v) is 3.12. The van der Waals surface area contributed by atoms with E-state index in [1.54, 1.807) is 24.4 Å². The molecule has 1 amide bonds. The Labute approximate surface area is 137 Å². The van der Waals surface area contributed by atoms with Crippen molar-refractivity contribution in [2.45, 2.75) is 23.7 Å². The fourth-order valence-corrected chi connectivity index (χ4v) is 1.94. The van der Waals surface area contributed by atoms with Crippen LogP contribution in [0.5, 0.6) is 5.75 Å². The number of pyridine rings is 1. The topological polar surface area (TPSA) is 51.2 Å². The van der Waals surface area contributed by atoms with Crippen LogP contribution >= 0.6 is 34.8 Å². The predicted molar refractivity (Wildman–Crippen MR) is 86.4 cm³/mol. The van der Waals surface area contributed by atoms with E-state index in [1.807, 2.05) is 19.9 Å². The van der Waals surface area contributed by atoms with E-state index in [0.29, 0.717) is 22.3 Å². The van der Waals surface area contributed by atoms with Crippen LogP contribution in [0.2, 0.25) is 0 Å². The summed E-state index contributed by atoms with van der Waals surface area (Å²) in [6.07, 6.45) is 1.66. The molecule has 112 valence electrons. The van der Waals surface area contributed by atoms with Gasteiger partial charge in [-0.25, -0.2) is 0 Å². The van der Waals surface area contributed by atoms with Crippen molar-refractivity contribution in [3.05, 3.63) is 30.5 Å². The number of fused-ring (bicyclic) bond motifs is 1. The van der Waals surface area contributed by atoms with E-state index < -0.39 is 9.70 Å². The van der Waals surface area contributed by atoms with Crippen LogP contribution in [0, 0.1) is 0 Å². The van der Waals surface area contributed by atoms with Gasteiger partial charge in [-0.3, -0.25) is 9.78 Å². The quantitative estimate of drug-likeness (QED) is 0.841. The highest BCUT2D eigenvalue weighted by atomic mass is 35.6. The lowest BCUT2D eigenvalue weighted by molar-refractivity contribution is -0.115. The van der Waals surface area contributed by atoms with Gasteiger partial charge in [0.05, 0.1) is 11.8 Å². The normalized spacial score (nSPS) is 11.7. The monoisotopic (exact) mass is 346 g/mol. The molecule has 1 N–H and O–H groups in total. The van der Waals surface area contributed by atoms with Crippen molar-refractivity contribution in [3.63, 3.8) is 0 Å². The molecule has 7 heteroatoms. The minimum absolute atomic E-state index is 0.0109. The zero-order valence-electron chi connectivity index (χ0n) is 11.4. The molecule has 0 spiro atoms. The third-order valence-electron chi connectivity index (χ3n) is 2.60. The summed E-state index contributed by atoms with van der Waals surface area (Å²) in [6.45, 7) is 3.85. The molecule has 0 saturated carbocycles. The third kappa shape index (κ3) is 3.90. The number of anilines is 1. The van der Waals surface area contributed by atoms with Gasteiger partial charge in [-0.2, -0.15) is 0 Å². The molecule has 1 aromatic carbocycles. The Hall–Kier alpha value is -1.23. The van der Waals surface area contributed by atoms with Gasteiger partial charge in [0.25, 0.3) is 9.70 Å². The average molecular weight is 348 g/mol. The molecule has 0 atom stereocenters. The average Bonchev–Trinajstić information content (AvgIpc) is 2.40. The number of aromatic nitrogens is 1. The van der Waals surface area contributed by atoms with Crippen molar-refractivity contribution in [3.8, 4) is 5.75 Å². The van der Waals surface area contributed by atoms with E-state index in [2.05, 4.69) is 10.3 Å². The second-order valence-corrected chi connectivity index (χ2v) is 6.91. The Morgan fingerprint density at radius 2 is 2.00 bits per heavy atom. The van der Waals surface area contributed by atoms with Crippen molar-refractivity contribution in [2.75, 3.05) is 5.32 Å². The molecule has 0 fully saturated rings. The zero-order chi connectivity index (χ0) is 15.6. The first-order chi connectivity index (χ1) is 9.79. The number of ether oxygens (including phenoxy) is 1. The number of amides is 1. The maximum absolute atomic E-state index is 11.8. The summed E-state index contributed by atoms with van der Waals surface area (Å²) in [5, 5.41) is 3.28. The van der Waals surface area contributed by atoms with Gasteiger partial charge in [0.1, 0.15) is 11.3 Å². The summed E-state index contributed by atoms with van der Waals surface area (Å²) in [5.74, 6) is -0.0948. The number of alkyl halides is 3. The van der Waals surface area contributed by atoms with Gasteiger partial charge in [-0.05, 0) is 38.1 Å². The second kappa shape index (κ2) is 6.26. The molecule has 2 aromatic rings. The van der Waals surface area contributed by atoms with Crippen molar-refractivity contribution in [1.29, 1.82) is 0 Å². The van der Waals surface area contributed by atoms with Crippen LogP contribution < -0.4 is 10.1 Å². The van der Waals surface area contributed by atoms with Gasteiger partial charge in [0, 0.05) is 11.6 Å². The number of carbonyl (C=O) groups is 1. The van der Waals surface area contributed by atoms with Crippen LogP contribution in [-0.4, -0.2) is 20.8 Å². The van der Waals surface area contributed by atoms with Crippen LogP contribution in [0.3, 0.4) is 0 Å². The molecular weight excluding hydrogens is 335 g/mol. The minimum atomic E-state index is -2.03. The van der Waals surface area contributed by atoms with Crippen molar-refractivity contribution in [2.24, 2.45) is 0 Å². The number of halogens is 3. The summed E-state index contributed by atoms with van der Waals surface area (Å²) in [7, 11) is 0. The Balaban J connectivity index is 2.45. The van der Waals surface area contributed by atoms with Gasteiger partial charge in [0.2, 0.25) is 0 Å². The first kappa shape index (κ1) is 16.1. The van der Waals surface area contributed by atoms with Crippen molar-refractivity contribution < 1.29 is 9.53 Å². The maximum atomic E-state index is 11.8. The van der Waals surface area contributed by atoms with Gasteiger partial charge in [-0.1, -0.05) is 34.8 Å². The summed E-state index contributed by atoms with van der Waals surface area (Å²) in [5.41, 5.74) is 1.14. The van der Waals surface area contributed by atoms with Crippen LogP contribution in [0.25, 0.3) is 10.9 Å². The van der Waals surface area contributed by atoms with Gasteiger partial charge >= 0.3 is 0 Å². The minimum Gasteiger partial charge on any atom is -0.489 e. The molecule has 4 nitrogen and oxygen atoms in total. The first-order valence-corrected chi connectivity index (χ1v) is 7.35. The molecule has 2 rings (SSSR count). The molecule has 0 unspecified atom stereocenters. The van der Waals surface area contributed by atoms with E-state index in [4.69, 9.17) is 39.5 Å². The fourth-order valence-electron chi connectivity index (χ4n) is 1.80. The largest absolute Gasteiger partial charge is 0.489 e. The van der Waals surface area contributed by atoms with E-state index in [9.17, 15) is 4.79 Å². The van der Waals surface area contributed by atoms with E-state index in [0.717, 1.165) is 0 Å². The lowest BCUT2D eigenvalue weighted by Crippen LogP contribution is -2.27. The highest BCUT2D eigenvalue weighted by Gasteiger charge is 2.31. The van der Waals surface area contributed by atoms with E-state index >= 15 is 0 Å². The van der Waals surface area contributed by atoms with Crippen molar-refractivity contribution >= 4 is 57.3 Å². The smallest absolute Gasteiger partial charge is 0.276 e. The Kier molecular flexibility index (Phi) is 4.81. The molecule has 0 radical (unpaired) electrons. The molecule has 0 aliphatic rings. The molecule has 1 heterocycles. The van der Waals surface area contributed by atoms with Gasteiger partial charge in [-0.15, -0.1) is 0 Å². The second-order valence-electron chi connectivity index (χ2n) is 4.63. The molecule has 1 aromatic heterocycles. The van der Waals surface area contributed by atoms with Crippen LogP contribution in [0.15, 0.2) is 30.5 Å². The lowest BCUT2D eigenvalue weighted by atomic mass is 10.1. The zero-order valence-corrected chi connectivity index (χ0v) is 13.6. The molecule has 21 heavy (non-hydrogen) atoms. The summed E-state index contributed by atoms with van der Waals surface area (Å²) >= 11 is 16.7. The summed E-state index contributed by atoms with van der Waals surface area (Å²) in [6, 6.07) is 6.98. The lowest BCUT2D eigenvalue weighted by Gasteiger charge is -2.16. The van der Waals surface area contributed by atoms with Gasteiger partial charge in [0.15, 0.2) is 0 Å². The Bertz CT molecular complexity index is 669. The Morgan fingerprint density at radius 1 is 1.29 bits per heavy atom. The van der Waals surface area contributed by atoms with Crippen LogP contribution in [0.1, 0.15) is 13.8 Å². The fraction of sp³-hybridized carbons (Fsp3) is 0.286. The molecular formula is C14H13Cl3N2O2. The molecule has 0 aliphatic heterocycles. The first-order valence-electron chi connectivity index (χ1n) is 6.21. The highest BCUT2D eigenvalue weighted by molar-refractivity contribution is 6.76. The number of hydrogen-bond donors (Lipinski definition) is 1. The van der Waals surface area contributed by atoms with Crippen LogP contribution in [-0.2, 0) is 4.79 Å². The number of rotatable bonds is 3. The number of nitrogens with one attached hydrogen (secondary N) is 1. The van der Waals surface area contributed by atoms with E-state index in [-0.39, 0.29) is 6.10 Å². The maximum Gasteiger partial charge on any atom is 0.276 e. The van der Waals surface area contributed by atoms with Gasteiger partial charge < -0.3 is 10.1 Å². The Morgan fingerprint density at radius 3 is 2.62 bits per heavy atom. The highest BCUT2D eigenvalue weighted by Crippen LogP contribution is 2.33. The molecule has 0 bridgehead atoms. The summed E-state index contributed by atoms with van der Waals surface area (Å²) < 4.78 is 3.68. The predicted octanol–water partition coefficient (Wildman–Crippen LogP) is 4.33. The van der Waals surface area contributed by atoms with Crippen LogP contribution in [0.4, 0.5) is 5.69 Å². The van der Waals surface area contributed by atoms with Crippen molar-refractivity contribution in [1.82, 2.24) is 4.98 Å². The number of carbonyl (C=O) groups excluding carboxylic acids is 1. The standard InChI is InChI=1S/C14H13Cl3N2O2/c1-8(2)21-11-6-5-10(19-13(20)14(15,16)17)9-4-3-7-18-12(9)11/h3-8H,1-2H3,(H,19,20). The molecule has 0 saturated heterocycles.